The number of hydrogen-bond donors (Lipinski definition) is 0. The number of Topliss-reactive ketones (excluding diaryl/α,β-unsaturated/α-hetero) is 1. The van der Waals surface area contributed by atoms with Crippen LogP contribution in [0.2, 0.25) is 0 Å². The molecule has 0 radical (unpaired) electrons. The van der Waals surface area contributed by atoms with Crippen LogP contribution in [0, 0.1) is 5.92 Å². The van der Waals surface area contributed by atoms with E-state index in [1.54, 1.807) is 0 Å². The van der Waals surface area contributed by atoms with E-state index in [4.69, 9.17) is 0 Å². The normalized spacial score (nSPS) is 27.5. The summed E-state index contributed by atoms with van der Waals surface area (Å²) in [6.45, 7) is 0. The van der Waals surface area contributed by atoms with E-state index in [0.717, 1.165) is 0 Å². The van der Waals surface area contributed by atoms with Gasteiger partial charge in [0.25, 0.3) is 0 Å². The Morgan fingerprint density at radius 1 is 1.40 bits per heavy atom. The molecule has 0 aliphatic heterocycles. The average Bonchev–Trinajstić information content (AvgIpc) is 2.11. The molecule has 10 heavy (non-hydrogen) atoms. The Balaban J connectivity index is 2.64. The minimum Gasteiger partial charge on any atom is -0.299 e. The molecule has 1 fully saturated rings. The van der Waals surface area contributed by atoms with Crippen molar-refractivity contribution in [2.75, 3.05) is 0 Å². The first-order valence-electron chi connectivity index (χ1n) is 3.11. The molecule has 1 aliphatic carbocycles. The molecule has 0 heterocycles. The van der Waals surface area contributed by atoms with E-state index in [9.17, 15) is 18.0 Å². The van der Waals surface area contributed by atoms with Crippen LogP contribution in [0.1, 0.15) is 19.3 Å². The topological polar surface area (TPSA) is 17.1 Å². The monoisotopic (exact) mass is 152 g/mol. The summed E-state index contributed by atoms with van der Waals surface area (Å²) in [5, 5.41) is 0. The smallest absolute Gasteiger partial charge is 0.299 e. The third-order valence-electron chi connectivity index (χ3n) is 1.70. The largest absolute Gasteiger partial charge is 0.398 e. The number of halogens is 3. The van der Waals surface area contributed by atoms with Crippen LogP contribution < -0.4 is 0 Å². The van der Waals surface area contributed by atoms with Gasteiger partial charge in [-0.2, -0.15) is 13.2 Å². The summed E-state index contributed by atoms with van der Waals surface area (Å²) in [5.41, 5.74) is 0. The Morgan fingerprint density at radius 2 is 2.00 bits per heavy atom. The Labute approximate surface area is 56.2 Å². The number of rotatable bonds is 0. The second-order valence-corrected chi connectivity index (χ2v) is 2.45. The highest BCUT2D eigenvalue weighted by Gasteiger charge is 2.46. The number of ketones is 1. The third kappa shape index (κ3) is 1.30. The minimum atomic E-state index is -4.30. The minimum absolute atomic E-state index is 0.0116. The van der Waals surface area contributed by atoms with Crippen molar-refractivity contribution in [1.82, 2.24) is 0 Å². The molecule has 0 aromatic heterocycles. The zero-order chi connectivity index (χ0) is 7.78. The van der Waals surface area contributed by atoms with Gasteiger partial charge in [-0.25, -0.2) is 0 Å². The lowest BCUT2D eigenvalue weighted by molar-refractivity contribution is -0.177. The summed E-state index contributed by atoms with van der Waals surface area (Å²) in [5.74, 6) is -2.31. The Bertz CT molecular complexity index is 150. The van der Waals surface area contributed by atoms with Gasteiger partial charge in [-0.3, -0.25) is 4.79 Å². The average molecular weight is 152 g/mol. The molecule has 0 spiro atoms. The van der Waals surface area contributed by atoms with Crippen LogP contribution in [0.5, 0.6) is 0 Å². The van der Waals surface area contributed by atoms with E-state index in [-0.39, 0.29) is 12.8 Å². The summed E-state index contributed by atoms with van der Waals surface area (Å²) in [7, 11) is 0. The van der Waals surface area contributed by atoms with Crippen LogP contribution in [-0.2, 0) is 4.79 Å². The second-order valence-electron chi connectivity index (χ2n) is 2.45. The molecule has 0 aromatic carbocycles. The highest BCUT2D eigenvalue weighted by molar-refractivity contribution is 5.83. The molecular formula is C6H7F3O. The maximum Gasteiger partial charge on any atom is 0.398 e. The van der Waals surface area contributed by atoms with Crippen LogP contribution in [0.4, 0.5) is 13.2 Å². The van der Waals surface area contributed by atoms with Gasteiger partial charge in [0.2, 0.25) is 0 Å². The molecule has 0 aromatic rings. The van der Waals surface area contributed by atoms with Gasteiger partial charge in [0.05, 0.1) is 0 Å². The lowest BCUT2D eigenvalue weighted by Gasteiger charge is -2.11. The van der Waals surface area contributed by atoms with Gasteiger partial charge in [0, 0.05) is 6.42 Å². The Morgan fingerprint density at radius 3 is 2.20 bits per heavy atom. The predicted octanol–water partition coefficient (Wildman–Crippen LogP) is 1.92. The number of alkyl halides is 3. The zero-order valence-electron chi connectivity index (χ0n) is 5.24. The fourth-order valence-electron chi connectivity index (χ4n) is 1.16. The molecule has 4 heteroatoms. The summed E-state index contributed by atoms with van der Waals surface area (Å²) < 4.78 is 35.4. The highest BCUT2D eigenvalue weighted by atomic mass is 19.4. The van der Waals surface area contributed by atoms with Gasteiger partial charge in [-0.05, 0) is 12.8 Å². The van der Waals surface area contributed by atoms with Crippen molar-refractivity contribution in [3.8, 4) is 0 Å². The molecule has 0 bridgehead atoms. The number of carbonyl (C=O) groups is 1. The van der Waals surface area contributed by atoms with Crippen molar-refractivity contribution in [1.29, 1.82) is 0 Å². The lowest BCUT2D eigenvalue weighted by atomic mass is 10.1. The van der Waals surface area contributed by atoms with E-state index >= 15 is 0 Å². The van der Waals surface area contributed by atoms with Gasteiger partial charge >= 0.3 is 6.18 Å². The molecule has 1 atom stereocenters. The maximum atomic E-state index is 11.8. The fourth-order valence-corrected chi connectivity index (χ4v) is 1.16. The first-order chi connectivity index (χ1) is 4.52. The number of carbonyl (C=O) groups excluding carboxylic acids is 1. The van der Waals surface area contributed by atoms with Crippen LogP contribution >= 0.6 is 0 Å². The first-order valence-corrected chi connectivity index (χ1v) is 3.11. The summed E-state index contributed by atoms with van der Waals surface area (Å²) in [6.07, 6.45) is -3.82. The van der Waals surface area contributed by atoms with Crippen molar-refractivity contribution in [2.24, 2.45) is 5.92 Å². The van der Waals surface area contributed by atoms with E-state index in [0.29, 0.717) is 6.42 Å². The van der Waals surface area contributed by atoms with Crippen LogP contribution in [0.3, 0.4) is 0 Å². The van der Waals surface area contributed by atoms with Crippen LogP contribution in [-0.4, -0.2) is 12.0 Å². The molecule has 1 saturated carbocycles. The highest BCUT2D eigenvalue weighted by Crippen LogP contribution is 2.36. The maximum absolute atomic E-state index is 11.8. The van der Waals surface area contributed by atoms with E-state index in [2.05, 4.69) is 0 Å². The van der Waals surface area contributed by atoms with E-state index < -0.39 is 17.9 Å². The molecule has 0 amide bonds. The van der Waals surface area contributed by atoms with Gasteiger partial charge in [-0.15, -0.1) is 0 Å². The molecule has 1 rings (SSSR count). The molecule has 0 saturated heterocycles. The first kappa shape index (κ1) is 7.57. The van der Waals surface area contributed by atoms with Gasteiger partial charge in [0.15, 0.2) is 0 Å². The fraction of sp³-hybridized carbons (Fsp3) is 0.833. The second kappa shape index (κ2) is 2.25. The molecular weight excluding hydrogens is 145 g/mol. The van der Waals surface area contributed by atoms with Crippen molar-refractivity contribution >= 4 is 5.78 Å². The standard InChI is InChI=1S/C6H7F3O/c7-6(8,9)4-2-1-3-5(4)10/h4H,1-3H2/t4-/m1/s1. The lowest BCUT2D eigenvalue weighted by Crippen LogP contribution is -2.25. The van der Waals surface area contributed by atoms with Gasteiger partial charge < -0.3 is 0 Å². The van der Waals surface area contributed by atoms with E-state index in [1.165, 1.54) is 0 Å². The summed E-state index contributed by atoms with van der Waals surface area (Å²) in [4.78, 5) is 10.5. The van der Waals surface area contributed by atoms with Crippen molar-refractivity contribution < 1.29 is 18.0 Å². The SMILES string of the molecule is O=C1CCC[C@H]1C(F)(F)F. The van der Waals surface area contributed by atoms with Gasteiger partial charge in [0.1, 0.15) is 11.7 Å². The summed E-state index contributed by atoms with van der Waals surface area (Å²) in [6, 6.07) is 0. The zero-order valence-corrected chi connectivity index (χ0v) is 5.24. The number of hydrogen-bond acceptors (Lipinski definition) is 1. The Hall–Kier alpha value is -0.540. The van der Waals surface area contributed by atoms with Crippen LogP contribution in [0.15, 0.2) is 0 Å². The van der Waals surface area contributed by atoms with Crippen molar-refractivity contribution in [3.05, 3.63) is 0 Å². The quantitative estimate of drug-likeness (QED) is 0.518. The van der Waals surface area contributed by atoms with Crippen LogP contribution in [0.25, 0.3) is 0 Å². The molecule has 0 unspecified atom stereocenters. The van der Waals surface area contributed by atoms with Crippen molar-refractivity contribution in [2.45, 2.75) is 25.4 Å². The predicted molar refractivity (Wildman–Crippen MR) is 28.4 cm³/mol. The van der Waals surface area contributed by atoms with Gasteiger partial charge in [-0.1, -0.05) is 0 Å². The van der Waals surface area contributed by atoms with Crippen molar-refractivity contribution in [3.63, 3.8) is 0 Å². The molecule has 1 aliphatic rings. The third-order valence-corrected chi connectivity index (χ3v) is 1.70. The summed E-state index contributed by atoms with van der Waals surface area (Å²) >= 11 is 0. The molecule has 0 N–H and O–H groups in total. The van der Waals surface area contributed by atoms with E-state index in [1.807, 2.05) is 0 Å². The molecule has 58 valence electrons. The molecule has 1 nitrogen and oxygen atoms in total. The Kier molecular flexibility index (Phi) is 1.70.